The SMILES string of the molecule is Cc1cc(C)c(N2CCN(c3c(C)cc(C)cc3CCC(C)c3ccccc3)C2)c(C)c1. The van der Waals surface area contributed by atoms with Gasteiger partial charge in [-0.3, -0.25) is 0 Å². The Kier molecular flexibility index (Phi) is 6.60. The van der Waals surface area contributed by atoms with Crippen LogP contribution in [-0.4, -0.2) is 19.8 Å². The maximum Gasteiger partial charge on any atom is 0.0904 e. The summed E-state index contributed by atoms with van der Waals surface area (Å²) in [4.78, 5) is 5.18. The molecular weight excluding hydrogens is 388 g/mol. The van der Waals surface area contributed by atoms with Crippen molar-refractivity contribution in [1.82, 2.24) is 0 Å². The van der Waals surface area contributed by atoms with Gasteiger partial charge in [0, 0.05) is 24.5 Å². The lowest BCUT2D eigenvalue weighted by molar-refractivity contribution is 0.678. The predicted molar refractivity (Wildman–Crippen MR) is 139 cm³/mol. The summed E-state index contributed by atoms with van der Waals surface area (Å²) in [6.45, 7) is 16.7. The molecule has 168 valence electrons. The van der Waals surface area contributed by atoms with E-state index in [-0.39, 0.29) is 0 Å². The normalized spacial score (nSPS) is 14.8. The standard InChI is InChI=1S/C30H38N2/c1-21-16-24(4)29(25(5)17-21)31-14-15-32(20-31)30-26(6)18-22(2)19-28(30)13-12-23(3)27-10-8-7-9-11-27/h7-11,16-19,23H,12-15,20H2,1-6H3. The summed E-state index contributed by atoms with van der Waals surface area (Å²) in [5, 5.41) is 0. The van der Waals surface area contributed by atoms with Crippen molar-refractivity contribution in [1.29, 1.82) is 0 Å². The lowest BCUT2D eigenvalue weighted by atomic mass is 9.92. The monoisotopic (exact) mass is 426 g/mol. The third-order valence-corrected chi connectivity index (χ3v) is 6.99. The summed E-state index contributed by atoms with van der Waals surface area (Å²) in [7, 11) is 0. The van der Waals surface area contributed by atoms with Gasteiger partial charge in [-0.25, -0.2) is 0 Å². The van der Waals surface area contributed by atoms with E-state index in [0.717, 1.165) is 26.2 Å². The molecule has 0 aromatic heterocycles. The van der Waals surface area contributed by atoms with Crippen molar-refractivity contribution in [2.24, 2.45) is 0 Å². The van der Waals surface area contributed by atoms with Crippen molar-refractivity contribution in [3.05, 3.63) is 93.5 Å². The first-order chi connectivity index (χ1) is 15.3. The van der Waals surface area contributed by atoms with Crippen LogP contribution in [0.3, 0.4) is 0 Å². The number of rotatable bonds is 6. The lowest BCUT2D eigenvalue weighted by Crippen LogP contribution is -2.27. The molecule has 32 heavy (non-hydrogen) atoms. The third-order valence-electron chi connectivity index (χ3n) is 6.99. The van der Waals surface area contributed by atoms with Crippen LogP contribution in [0, 0.1) is 34.6 Å². The van der Waals surface area contributed by atoms with Gasteiger partial charge in [0.05, 0.1) is 6.67 Å². The molecule has 2 heteroatoms. The molecule has 0 bridgehead atoms. The maximum absolute atomic E-state index is 2.61. The molecule has 0 spiro atoms. The van der Waals surface area contributed by atoms with E-state index in [2.05, 4.69) is 106 Å². The molecule has 4 rings (SSSR count). The molecule has 3 aromatic carbocycles. The zero-order valence-corrected chi connectivity index (χ0v) is 20.7. The summed E-state index contributed by atoms with van der Waals surface area (Å²) in [6.07, 6.45) is 2.29. The van der Waals surface area contributed by atoms with Gasteiger partial charge in [-0.2, -0.15) is 0 Å². The van der Waals surface area contributed by atoms with Gasteiger partial charge in [0.2, 0.25) is 0 Å². The van der Waals surface area contributed by atoms with E-state index in [1.807, 2.05) is 0 Å². The Hall–Kier alpha value is -2.74. The molecule has 1 aliphatic heterocycles. The Labute approximate surface area is 194 Å². The maximum atomic E-state index is 2.61. The van der Waals surface area contributed by atoms with Crippen LogP contribution < -0.4 is 9.80 Å². The van der Waals surface area contributed by atoms with Gasteiger partial charge >= 0.3 is 0 Å². The fourth-order valence-electron chi connectivity index (χ4n) is 5.64. The Balaban J connectivity index is 1.56. The van der Waals surface area contributed by atoms with E-state index in [1.165, 1.54) is 56.7 Å². The molecule has 0 aliphatic carbocycles. The molecule has 0 saturated carbocycles. The average Bonchev–Trinajstić information content (AvgIpc) is 3.20. The zero-order chi connectivity index (χ0) is 22.8. The molecule has 3 aromatic rings. The van der Waals surface area contributed by atoms with E-state index >= 15 is 0 Å². The summed E-state index contributed by atoms with van der Waals surface area (Å²) in [5.74, 6) is 0.567. The van der Waals surface area contributed by atoms with E-state index in [4.69, 9.17) is 0 Å². The van der Waals surface area contributed by atoms with Crippen LogP contribution in [0.4, 0.5) is 11.4 Å². The van der Waals surface area contributed by atoms with Gasteiger partial charge in [-0.15, -0.1) is 0 Å². The number of anilines is 2. The van der Waals surface area contributed by atoms with Crippen LogP contribution in [0.2, 0.25) is 0 Å². The Morgan fingerprint density at radius 1 is 0.719 bits per heavy atom. The number of nitrogens with zero attached hydrogens (tertiary/aromatic N) is 2. The highest BCUT2D eigenvalue weighted by atomic mass is 15.4. The minimum absolute atomic E-state index is 0.567. The molecule has 1 saturated heterocycles. The first-order valence-electron chi connectivity index (χ1n) is 12.1. The highest BCUT2D eigenvalue weighted by Gasteiger charge is 2.26. The van der Waals surface area contributed by atoms with Gasteiger partial charge < -0.3 is 9.80 Å². The van der Waals surface area contributed by atoms with E-state index in [9.17, 15) is 0 Å². The first kappa shape index (κ1) is 22.5. The van der Waals surface area contributed by atoms with Crippen molar-refractivity contribution in [3.63, 3.8) is 0 Å². The third kappa shape index (κ3) is 4.70. The number of benzene rings is 3. The van der Waals surface area contributed by atoms with Crippen LogP contribution in [-0.2, 0) is 6.42 Å². The number of hydrogen-bond acceptors (Lipinski definition) is 2. The summed E-state index contributed by atoms with van der Waals surface area (Å²) >= 11 is 0. The van der Waals surface area contributed by atoms with Crippen molar-refractivity contribution in [2.45, 2.75) is 60.3 Å². The quantitative estimate of drug-likeness (QED) is 0.409. The molecule has 2 nitrogen and oxygen atoms in total. The molecule has 1 fully saturated rings. The zero-order valence-electron chi connectivity index (χ0n) is 20.7. The van der Waals surface area contributed by atoms with E-state index < -0.39 is 0 Å². The Bertz CT molecular complexity index is 1060. The number of hydrogen-bond donors (Lipinski definition) is 0. The number of aryl methyl sites for hydroxylation is 6. The molecule has 0 radical (unpaired) electrons. The van der Waals surface area contributed by atoms with Crippen molar-refractivity contribution < 1.29 is 0 Å². The van der Waals surface area contributed by atoms with Gasteiger partial charge in [0.15, 0.2) is 0 Å². The molecule has 0 amide bonds. The molecule has 1 aliphatic rings. The Morgan fingerprint density at radius 2 is 1.25 bits per heavy atom. The Morgan fingerprint density at radius 3 is 1.88 bits per heavy atom. The average molecular weight is 427 g/mol. The van der Waals surface area contributed by atoms with Gasteiger partial charge in [-0.1, -0.05) is 72.6 Å². The fourth-order valence-corrected chi connectivity index (χ4v) is 5.64. The molecule has 1 heterocycles. The first-order valence-corrected chi connectivity index (χ1v) is 12.1. The summed E-state index contributed by atoms with van der Waals surface area (Å²) in [5.41, 5.74) is 12.7. The topological polar surface area (TPSA) is 6.48 Å². The van der Waals surface area contributed by atoms with E-state index in [0.29, 0.717) is 5.92 Å². The minimum Gasteiger partial charge on any atom is -0.352 e. The molecular formula is C30H38N2. The van der Waals surface area contributed by atoms with Crippen LogP contribution in [0.1, 0.15) is 58.2 Å². The molecule has 1 atom stereocenters. The van der Waals surface area contributed by atoms with Crippen LogP contribution in [0.25, 0.3) is 0 Å². The summed E-state index contributed by atoms with van der Waals surface area (Å²) in [6, 6.07) is 20.3. The van der Waals surface area contributed by atoms with Gasteiger partial charge in [0.25, 0.3) is 0 Å². The molecule has 1 unspecified atom stereocenters. The van der Waals surface area contributed by atoms with Gasteiger partial charge in [0.1, 0.15) is 0 Å². The van der Waals surface area contributed by atoms with Crippen LogP contribution in [0.5, 0.6) is 0 Å². The summed E-state index contributed by atoms with van der Waals surface area (Å²) < 4.78 is 0. The smallest absolute Gasteiger partial charge is 0.0904 e. The molecule has 0 N–H and O–H groups in total. The van der Waals surface area contributed by atoms with Crippen molar-refractivity contribution >= 4 is 11.4 Å². The second-order valence-electron chi connectivity index (χ2n) is 9.86. The predicted octanol–water partition coefficient (Wildman–Crippen LogP) is 7.25. The van der Waals surface area contributed by atoms with Gasteiger partial charge in [-0.05, 0) is 81.2 Å². The fraction of sp³-hybridized carbons (Fsp3) is 0.400. The largest absolute Gasteiger partial charge is 0.352 e. The minimum atomic E-state index is 0.567. The van der Waals surface area contributed by atoms with Crippen molar-refractivity contribution in [2.75, 3.05) is 29.6 Å². The van der Waals surface area contributed by atoms with Crippen molar-refractivity contribution in [3.8, 4) is 0 Å². The highest BCUT2D eigenvalue weighted by Crippen LogP contribution is 2.34. The van der Waals surface area contributed by atoms with Crippen LogP contribution in [0.15, 0.2) is 54.6 Å². The van der Waals surface area contributed by atoms with E-state index in [1.54, 1.807) is 0 Å². The van der Waals surface area contributed by atoms with Crippen LogP contribution >= 0.6 is 0 Å². The lowest BCUT2D eigenvalue weighted by Gasteiger charge is -2.28. The second-order valence-corrected chi connectivity index (χ2v) is 9.86. The second kappa shape index (κ2) is 9.40. The highest BCUT2D eigenvalue weighted by molar-refractivity contribution is 5.66.